The number of carbonyl (C=O) groups excluding carboxylic acids is 1. The van der Waals surface area contributed by atoms with Gasteiger partial charge in [-0.25, -0.2) is 9.47 Å². The van der Waals surface area contributed by atoms with Crippen molar-refractivity contribution in [1.82, 2.24) is 5.32 Å². The summed E-state index contributed by atoms with van der Waals surface area (Å²) >= 11 is 6.60. The van der Waals surface area contributed by atoms with Crippen LogP contribution in [0.4, 0.5) is 62.8 Å². The topological polar surface area (TPSA) is 59.6 Å². The van der Waals surface area contributed by atoms with Gasteiger partial charge >= 0.3 is 36.5 Å². The van der Waals surface area contributed by atoms with E-state index in [1.165, 1.54) is 12.1 Å². The smallest absolute Gasteiger partial charge is 0.332 e. The second-order valence-corrected chi connectivity index (χ2v) is 8.89. The SMILES string of the molecule is O=C(NC(=S)Nc1cccc(C(F)(F)C(F)(F)OC(F)(F)C(F)(F)C(F)(F)OC(F)(F)F)c1)c1ccccc1I. The fourth-order valence-corrected chi connectivity index (χ4v) is 3.45. The molecule has 2 N–H and O–H groups in total. The number of hydrogen-bond donors (Lipinski definition) is 2. The highest BCUT2D eigenvalue weighted by molar-refractivity contribution is 14.1. The standard InChI is InChI=1S/C20H10F13IN2O3S/c21-15(22,17(25,26)38-18(27,28)16(23,24)19(29,30)39-20(31,32)33)9-4-3-5-10(8-9)35-14(40)36-13(37)11-6-1-2-7-12(11)34/h1-8H,(H2,35,36,37,40). The van der Waals surface area contributed by atoms with E-state index in [4.69, 9.17) is 12.2 Å². The van der Waals surface area contributed by atoms with Crippen LogP contribution in [-0.2, 0) is 15.4 Å². The lowest BCUT2D eigenvalue weighted by molar-refractivity contribution is -0.535. The maximum absolute atomic E-state index is 14.4. The van der Waals surface area contributed by atoms with Crippen LogP contribution >= 0.6 is 34.8 Å². The third kappa shape index (κ3) is 7.43. The zero-order valence-electron chi connectivity index (χ0n) is 18.5. The minimum Gasteiger partial charge on any atom is -0.332 e. The van der Waals surface area contributed by atoms with Crippen LogP contribution < -0.4 is 10.6 Å². The Morgan fingerprint density at radius 1 is 0.750 bits per heavy atom. The van der Waals surface area contributed by atoms with Crippen molar-refractivity contribution in [3.8, 4) is 0 Å². The number of ether oxygens (including phenoxy) is 2. The zero-order valence-corrected chi connectivity index (χ0v) is 21.5. The van der Waals surface area contributed by atoms with Gasteiger partial charge in [-0.1, -0.05) is 24.3 Å². The first kappa shape index (κ1) is 33.7. The van der Waals surface area contributed by atoms with Gasteiger partial charge in [0.15, 0.2) is 5.11 Å². The van der Waals surface area contributed by atoms with E-state index >= 15 is 0 Å². The van der Waals surface area contributed by atoms with Crippen molar-refractivity contribution < 1.29 is 71.3 Å². The van der Waals surface area contributed by atoms with Crippen molar-refractivity contribution in [2.45, 2.75) is 36.5 Å². The highest BCUT2D eigenvalue weighted by atomic mass is 127. The Hall–Kier alpha value is -2.46. The molecule has 0 saturated carbocycles. The Bertz CT molecular complexity index is 1260. The third-order valence-corrected chi connectivity index (χ3v) is 5.57. The van der Waals surface area contributed by atoms with Crippen molar-refractivity contribution in [2.24, 2.45) is 0 Å². The van der Waals surface area contributed by atoms with E-state index in [2.05, 4.69) is 10.6 Å². The molecule has 0 bridgehead atoms. The molecule has 0 atom stereocenters. The normalized spacial score (nSPS) is 13.7. The minimum absolute atomic E-state index is 0.111. The van der Waals surface area contributed by atoms with E-state index < -0.39 is 58.8 Å². The highest BCUT2D eigenvalue weighted by Crippen LogP contribution is 2.54. The van der Waals surface area contributed by atoms with Crippen molar-refractivity contribution in [3.63, 3.8) is 0 Å². The number of anilines is 1. The van der Waals surface area contributed by atoms with Crippen LogP contribution in [0.25, 0.3) is 0 Å². The van der Waals surface area contributed by atoms with Crippen molar-refractivity contribution in [1.29, 1.82) is 0 Å². The quantitative estimate of drug-likeness (QED) is 0.159. The lowest BCUT2D eigenvalue weighted by Gasteiger charge is -2.35. The zero-order chi connectivity index (χ0) is 30.9. The number of thiocarbonyl (C=S) groups is 1. The monoisotopic (exact) mass is 732 g/mol. The number of alkyl halides is 13. The molecule has 2 aromatic carbocycles. The molecule has 0 unspecified atom stereocenters. The molecule has 0 fully saturated rings. The fourth-order valence-electron chi connectivity index (χ4n) is 2.61. The van der Waals surface area contributed by atoms with Crippen LogP contribution in [0.1, 0.15) is 15.9 Å². The number of halogens is 14. The maximum Gasteiger partial charge on any atom is 0.527 e. The molecule has 2 rings (SSSR count). The number of hydrogen-bond acceptors (Lipinski definition) is 4. The molecule has 222 valence electrons. The number of carbonyl (C=O) groups is 1. The summed E-state index contributed by atoms with van der Waals surface area (Å²) in [6.45, 7) is 0. The van der Waals surface area contributed by atoms with E-state index in [0.717, 1.165) is 6.07 Å². The predicted molar refractivity (Wildman–Crippen MR) is 121 cm³/mol. The Morgan fingerprint density at radius 3 is 1.85 bits per heavy atom. The van der Waals surface area contributed by atoms with E-state index in [0.29, 0.717) is 9.64 Å². The molecule has 2 aromatic rings. The molecule has 40 heavy (non-hydrogen) atoms. The minimum atomic E-state index is -7.53. The Labute approximate surface area is 233 Å². The summed E-state index contributed by atoms with van der Waals surface area (Å²) in [6.07, 6.45) is -28.0. The van der Waals surface area contributed by atoms with Gasteiger partial charge in [-0.15, -0.1) is 13.2 Å². The summed E-state index contributed by atoms with van der Waals surface area (Å²) < 4.78 is 177. The summed E-state index contributed by atoms with van der Waals surface area (Å²) in [4.78, 5) is 12.2. The lowest BCUT2D eigenvalue weighted by Crippen LogP contribution is -2.61. The van der Waals surface area contributed by atoms with Crippen LogP contribution in [0.3, 0.4) is 0 Å². The van der Waals surface area contributed by atoms with Gasteiger partial charge in [-0.05, 0) is 59.1 Å². The largest absolute Gasteiger partial charge is 0.527 e. The molecule has 0 aliphatic rings. The molecular weight excluding hydrogens is 722 g/mol. The van der Waals surface area contributed by atoms with Gasteiger partial charge in [0.1, 0.15) is 0 Å². The van der Waals surface area contributed by atoms with Crippen LogP contribution in [0, 0.1) is 3.57 Å². The first-order valence-electron chi connectivity index (χ1n) is 9.77. The predicted octanol–water partition coefficient (Wildman–Crippen LogP) is 7.48. The molecule has 1 amide bonds. The molecule has 0 aromatic heterocycles. The van der Waals surface area contributed by atoms with E-state index in [-0.39, 0.29) is 17.7 Å². The average molecular weight is 732 g/mol. The van der Waals surface area contributed by atoms with Crippen molar-refractivity contribution in [3.05, 3.63) is 63.2 Å². The van der Waals surface area contributed by atoms with Crippen LogP contribution in [0.5, 0.6) is 0 Å². The Kier molecular flexibility index (Phi) is 9.64. The number of benzene rings is 2. The molecule has 0 aliphatic heterocycles. The summed E-state index contributed by atoms with van der Waals surface area (Å²) in [6, 6.07) is 7.76. The second kappa shape index (κ2) is 11.4. The number of nitrogens with one attached hydrogen (secondary N) is 2. The molecule has 0 heterocycles. The van der Waals surface area contributed by atoms with E-state index in [1.54, 1.807) is 39.5 Å². The summed E-state index contributed by atoms with van der Waals surface area (Å²) in [5.74, 6) is -14.3. The van der Waals surface area contributed by atoms with Crippen LogP contribution in [-0.4, -0.2) is 41.6 Å². The molecule has 0 saturated heterocycles. The van der Waals surface area contributed by atoms with Gasteiger partial charge in [0.25, 0.3) is 5.91 Å². The van der Waals surface area contributed by atoms with Crippen molar-refractivity contribution >= 4 is 51.5 Å². The van der Waals surface area contributed by atoms with Gasteiger partial charge in [-0.3, -0.25) is 10.1 Å². The van der Waals surface area contributed by atoms with Gasteiger partial charge in [0, 0.05) is 14.8 Å². The van der Waals surface area contributed by atoms with Crippen LogP contribution in [0.2, 0.25) is 0 Å². The summed E-state index contributed by atoms with van der Waals surface area (Å²) in [5.41, 5.74) is -2.41. The molecular formula is C20H10F13IN2O3S. The van der Waals surface area contributed by atoms with Crippen molar-refractivity contribution in [2.75, 3.05) is 5.32 Å². The molecule has 0 aliphatic carbocycles. The first-order valence-corrected chi connectivity index (χ1v) is 11.3. The summed E-state index contributed by atoms with van der Waals surface area (Å²) in [5, 5.41) is 3.67. The third-order valence-electron chi connectivity index (χ3n) is 4.43. The average Bonchev–Trinajstić information content (AvgIpc) is 2.76. The van der Waals surface area contributed by atoms with Crippen LogP contribution in [0.15, 0.2) is 48.5 Å². The van der Waals surface area contributed by atoms with Gasteiger partial charge < -0.3 is 5.32 Å². The van der Waals surface area contributed by atoms with E-state index in [9.17, 15) is 61.9 Å². The molecule has 20 heteroatoms. The number of amides is 1. The van der Waals surface area contributed by atoms with E-state index in [1.807, 2.05) is 4.74 Å². The first-order chi connectivity index (χ1) is 17.9. The van der Waals surface area contributed by atoms with Gasteiger partial charge in [0.05, 0.1) is 5.56 Å². The van der Waals surface area contributed by atoms with Gasteiger partial charge in [0.2, 0.25) is 0 Å². The molecule has 0 spiro atoms. The Morgan fingerprint density at radius 2 is 1.30 bits per heavy atom. The second-order valence-electron chi connectivity index (χ2n) is 7.32. The Balaban J connectivity index is 2.26. The summed E-state index contributed by atoms with van der Waals surface area (Å²) in [7, 11) is 0. The molecule has 0 radical (unpaired) electrons. The van der Waals surface area contributed by atoms with Gasteiger partial charge in [-0.2, -0.15) is 43.9 Å². The molecule has 5 nitrogen and oxygen atoms in total. The lowest BCUT2D eigenvalue weighted by atomic mass is 10.1. The number of rotatable bonds is 9. The fraction of sp³-hybridized carbons (Fsp3) is 0.300. The highest BCUT2D eigenvalue weighted by Gasteiger charge is 2.80. The maximum atomic E-state index is 14.4.